The van der Waals surface area contributed by atoms with Gasteiger partial charge in [-0.25, -0.2) is 4.68 Å². The summed E-state index contributed by atoms with van der Waals surface area (Å²) in [6.07, 6.45) is 2.96. The third-order valence-electron chi connectivity index (χ3n) is 3.62. The Balaban J connectivity index is 2.36. The molecule has 0 radical (unpaired) electrons. The summed E-state index contributed by atoms with van der Waals surface area (Å²) in [5.74, 6) is 1.24. The van der Waals surface area contributed by atoms with E-state index in [0.717, 1.165) is 18.8 Å². The summed E-state index contributed by atoms with van der Waals surface area (Å²) in [6, 6.07) is 0.0262. The lowest BCUT2D eigenvalue weighted by Gasteiger charge is -2.36. The molecule has 0 saturated carbocycles. The van der Waals surface area contributed by atoms with Crippen LogP contribution in [0.4, 0.5) is 5.69 Å². The van der Waals surface area contributed by atoms with Crippen LogP contribution in [0.1, 0.15) is 40.2 Å². The van der Waals surface area contributed by atoms with Gasteiger partial charge in [0.05, 0.1) is 17.9 Å². The minimum atomic E-state index is -0.194. The van der Waals surface area contributed by atoms with Crippen molar-refractivity contribution in [1.29, 1.82) is 0 Å². The zero-order chi connectivity index (χ0) is 14.2. The third-order valence-corrected chi connectivity index (χ3v) is 3.98. The maximum atomic E-state index is 12.2. The lowest BCUT2D eigenvalue weighted by molar-refractivity contribution is 0.356. The number of nitrogens with zero attached hydrogens (tertiary/aromatic N) is 3. The van der Waals surface area contributed by atoms with E-state index in [4.69, 9.17) is 11.6 Å². The zero-order valence-corrected chi connectivity index (χ0v) is 12.8. The van der Waals surface area contributed by atoms with Crippen molar-refractivity contribution in [3.8, 4) is 0 Å². The van der Waals surface area contributed by atoms with Gasteiger partial charge in [-0.15, -0.1) is 0 Å². The molecule has 2 heterocycles. The standard InChI is InChI=1S/C14H22ClN3O/c1-9(2)18-14(19)13(15)12(6-16-18)17-7-10(3)5-11(4)8-17/h6,9-11H,5,7-8H2,1-4H3/t10-,11+. The fraction of sp³-hybridized carbons (Fsp3) is 0.714. The Bertz CT molecular complexity index is 502. The van der Waals surface area contributed by atoms with Crippen LogP contribution in [-0.2, 0) is 0 Å². The van der Waals surface area contributed by atoms with Gasteiger partial charge in [-0.1, -0.05) is 25.4 Å². The van der Waals surface area contributed by atoms with E-state index in [1.54, 1.807) is 6.20 Å². The molecule has 2 rings (SSSR count). The number of aromatic nitrogens is 2. The molecule has 0 bridgehead atoms. The van der Waals surface area contributed by atoms with Crippen molar-refractivity contribution in [2.24, 2.45) is 11.8 Å². The van der Waals surface area contributed by atoms with E-state index in [1.165, 1.54) is 11.1 Å². The fourth-order valence-electron chi connectivity index (χ4n) is 2.88. The van der Waals surface area contributed by atoms with Gasteiger partial charge in [0, 0.05) is 13.1 Å². The molecule has 1 aliphatic rings. The first-order valence-corrected chi connectivity index (χ1v) is 7.30. The summed E-state index contributed by atoms with van der Waals surface area (Å²) < 4.78 is 1.43. The quantitative estimate of drug-likeness (QED) is 0.837. The Morgan fingerprint density at radius 3 is 2.42 bits per heavy atom. The number of rotatable bonds is 2. The molecule has 2 atom stereocenters. The van der Waals surface area contributed by atoms with E-state index < -0.39 is 0 Å². The predicted molar refractivity (Wildman–Crippen MR) is 79.1 cm³/mol. The summed E-state index contributed by atoms with van der Waals surface area (Å²) in [5, 5.41) is 4.54. The third kappa shape index (κ3) is 2.94. The lowest BCUT2D eigenvalue weighted by Crippen LogP contribution is -2.40. The van der Waals surface area contributed by atoms with E-state index >= 15 is 0 Å². The molecule has 1 aromatic heterocycles. The first-order valence-electron chi connectivity index (χ1n) is 6.92. The molecular formula is C14H22ClN3O. The van der Waals surface area contributed by atoms with Crippen LogP contribution in [-0.4, -0.2) is 22.9 Å². The van der Waals surface area contributed by atoms with Gasteiger partial charge in [-0.2, -0.15) is 5.10 Å². The van der Waals surface area contributed by atoms with Crippen molar-refractivity contribution >= 4 is 17.3 Å². The molecule has 0 amide bonds. The molecule has 1 fully saturated rings. The predicted octanol–water partition coefficient (Wildman–Crippen LogP) is 2.96. The minimum absolute atomic E-state index is 0.0262. The second-order valence-electron chi connectivity index (χ2n) is 6.04. The summed E-state index contributed by atoms with van der Waals surface area (Å²) in [7, 11) is 0. The minimum Gasteiger partial charge on any atom is -0.368 e. The number of anilines is 1. The summed E-state index contributed by atoms with van der Waals surface area (Å²) >= 11 is 6.26. The van der Waals surface area contributed by atoms with Crippen LogP contribution in [0.25, 0.3) is 0 Å². The molecule has 0 spiro atoms. The Hall–Kier alpha value is -1.03. The van der Waals surface area contributed by atoms with Crippen LogP contribution in [0.3, 0.4) is 0 Å². The maximum absolute atomic E-state index is 12.2. The molecular weight excluding hydrogens is 262 g/mol. The molecule has 0 N–H and O–H groups in total. The summed E-state index contributed by atoms with van der Waals surface area (Å²) in [4.78, 5) is 14.4. The van der Waals surface area contributed by atoms with Gasteiger partial charge >= 0.3 is 0 Å². The molecule has 4 nitrogen and oxygen atoms in total. The van der Waals surface area contributed by atoms with Crippen molar-refractivity contribution < 1.29 is 0 Å². The van der Waals surface area contributed by atoms with Crippen LogP contribution in [0, 0.1) is 11.8 Å². The van der Waals surface area contributed by atoms with Gasteiger partial charge < -0.3 is 4.90 Å². The highest BCUT2D eigenvalue weighted by Gasteiger charge is 2.25. The molecule has 0 aliphatic carbocycles. The Morgan fingerprint density at radius 1 is 1.32 bits per heavy atom. The van der Waals surface area contributed by atoms with Crippen LogP contribution in [0.15, 0.2) is 11.0 Å². The van der Waals surface area contributed by atoms with Gasteiger partial charge in [-0.3, -0.25) is 4.79 Å². The monoisotopic (exact) mass is 283 g/mol. The van der Waals surface area contributed by atoms with Crippen LogP contribution >= 0.6 is 11.6 Å². The second-order valence-corrected chi connectivity index (χ2v) is 6.42. The Morgan fingerprint density at radius 2 is 1.89 bits per heavy atom. The summed E-state index contributed by atoms with van der Waals surface area (Å²) in [5.41, 5.74) is 0.585. The van der Waals surface area contributed by atoms with Gasteiger partial charge in [0.2, 0.25) is 0 Å². The number of hydrogen-bond acceptors (Lipinski definition) is 3. The largest absolute Gasteiger partial charge is 0.368 e. The molecule has 1 aromatic rings. The molecule has 0 unspecified atom stereocenters. The highest BCUT2D eigenvalue weighted by molar-refractivity contribution is 6.33. The number of halogens is 1. The first-order chi connectivity index (χ1) is 8.90. The van der Waals surface area contributed by atoms with E-state index in [0.29, 0.717) is 16.9 Å². The van der Waals surface area contributed by atoms with Gasteiger partial charge in [0.25, 0.3) is 5.56 Å². The van der Waals surface area contributed by atoms with Crippen molar-refractivity contribution in [2.45, 2.75) is 40.2 Å². The normalized spacial score (nSPS) is 24.0. The highest BCUT2D eigenvalue weighted by Crippen LogP contribution is 2.29. The van der Waals surface area contributed by atoms with Crippen molar-refractivity contribution in [3.63, 3.8) is 0 Å². The molecule has 106 valence electrons. The van der Waals surface area contributed by atoms with Crippen LogP contribution in [0.2, 0.25) is 5.02 Å². The van der Waals surface area contributed by atoms with Crippen molar-refractivity contribution in [1.82, 2.24) is 9.78 Å². The Labute approximate surface area is 119 Å². The zero-order valence-electron chi connectivity index (χ0n) is 12.1. The molecule has 1 aliphatic heterocycles. The summed E-state index contributed by atoms with van der Waals surface area (Å²) in [6.45, 7) is 10.2. The average molecular weight is 284 g/mol. The SMILES string of the molecule is CC(C)n1ncc(N2C[C@H](C)C[C@H](C)C2)c(Cl)c1=O. The van der Waals surface area contributed by atoms with E-state index in [2.05, 4.69) is 23.8 Å². The Kier molecular flexibility index (Phi) is 4.19. The average Bonchev–Trinajstić information content (AvgIpc) is 2.30. The lowest BCUT2D eigenvalue weighted by atomic mass is 9.92. The van der Waals surface area contributed by atoms with Gasteiger partial charge in [0.15, 0.2) is 0 Å². The van der Waals surface area contributed by atoms with Crippen molar-refractivity contribution in [2.75, 3.05) is 18.0 Å². The molecule has 19 heavy (non-hydrogen) atoms. The van der Waals surface area contributed by atoms with E-state index in [1.807, 2.05) is 13.8 Å². The second kappa shape index (κ2) is 5.53. The fourth-order valence-corrected chi connectivity index (χ4v) is 3.14. The van der Waals surface area contributed by atoms with E-state index in [-0.39, 0.29) is 11.6 Å². The van der Waals surface area contributed by atoms with Gasteiger partial charge in [0.1, 0.15) is 5.02 Å². The maximum Gasteiger partial charge on any atom is 0.287 e. The van der Waals surface area contributed by atoms with E-state index in [9.17, 15) is 4.79 Å². The number of hydrogen-bond donors (Lipinski definition) is 0. The van der Waals surface area contributed by atoms with Crippen LogP contribution in [0.5, 0.6) is 0 Å². The molecule has 1 saturated heterocycles. The first kappa shape index (κ1) is 14.4. The molecule has 5 heteroatoms. The topological polar surface area (TPSA) is 38.1 Å². The molecule has 0 aromatic carbocycles. The van der Waals surface area contributed by atoms with Gasteiger partial charge in [-0.05, 0) is 32.1 Å². The smallest absolute Gasteiger partial charge is 0.287 e. The highest BCUT2D eigenvalue weighted by atomic mass is 35.5. The van der Waals surface area contributed by atoms with Crippen molar-refractivity contribution in [3.05, 3.63) is 21.6 Å². The number of piperidine rings is 1. The van der Waals surface area contributed by atoms with Crippen LogP contribution < -0.4 is 10.5 Å².